The number of nitrogens with zero attached hydrogens (tertiary/aromatic N) is 1. The second kappa shape index (κ2) is 4.51. The van der Waals surface area contributed by atoms with Crippen LogP contribution >= 0.6 is 0 Å². The summed E-state index contributed by atoms with van der Waals surface area (Å²) in [7, 11) is 0. The lowest BCUT2D eigenvalue weighted by molar-refractivity contribution is -0.625. The summed E-state index contributed by atoms with van der Waals surface area (Å²) < 4.78 is 4.95. The van der Waals surface area contributed by atoms with E-state index in [1.165, 1.54) is 0 Å². The quantitative estimate of drug-likeness (QED) is 0.439. The van der Waals surface area contributed by atoms with Gasteiger partial charge in [0.15, 0.2) is 5.69 Å². The molecule has 5 nitrogen and oxygen atoms in total. The number of nitrogens with two attached hydrogens (primary N) is 1. The highest BCUT2D eigenvalue weighted by atomic mass is 16.5. The van der Waals surface area contributed by atoms with E-state index in [1.807, 2.05) is 22.6 Å². The Hall–Kier alpha value is -1.59. The maximum absolute atomic E-state index is 11.5. The number of nitrogens with one attached hydrogen (secondary N) is 1. The van der Waals surface area contributed by atoms with Crippen molar-refractivity contribution in [3.05, 3.63) is 23.8 Å². The van der Waals surface area contributed by atoms with Gasteiger partial charge in [-0.25, -0.2) is 10.2 Å². The highest BCUT2D eigenvalue weighted by molar-refractivity contribution is 5.91. The molecule has 1 aliphatic heterocycles. The van der Waals surface area contributed by atoms with Gasteiger partial charge < -0.3 is 4.74 Å². The van der Waals surface area contributed by atoms with E-state index in [2.05, 4.69) is 12.5 Å². The average Bonchev–Trinajstić information content (AvgIpc) is 2.71. The molecule has 0 bridgehead atoms. The van der Waals surface area contributed by atoms with Crippen LogP contribution in [0.25, 0.3) is 0 Å². The third-order valence-corrected chi connectivity index (χ3v) is 2.52. The number of benzene rings is 1. The highest BCUT2D eigenvalue weighted by Crippen LogP contribution is 2.24. The number of rotatable bonds is 3. The van der Waals surface area contributed by atoms with Gasteiger partial charge in [0.2, 0.25) is 0 Å². The van der Waals surface area contributed by atoms with Crippen LogP contribution in [0.1, 0.15) is 24.2 Å². The fourth-order valence-electron chi connectivity index (χ4n) is 1.74. The van der Waals surface area contributed by atoms with E-state index in [9.17, 15) is 4.79 Å². The molecule has 16 heavy (non-hydrogen) atoms. The standard InChI is InChI=1S/C11H15N3O2/c1-3-14-10-6-5-8(11(15)16-4-2)7-9(10)12-13-14/h5-7,12-13H,3-4H2,1-2H3/p+1. The van der Waals surface area contributed by atoms with Gasteiger partial charge in [0.1, 0.15) is 5.69 Å². The van der Waals surface area contributed by atoms with Crippen LogP contribution in [0.4, 0.5) is 11.4 Å². The van der Waals surface area contributed by atoms with E-state index in [1.54, 1.807) is 13.0 Å². The number of carbonyl (C=O) groups excluding carboxylic acids is 1. The van der Waals surface area contributed by atoms with Gasteiger partial charge in [-0.3, -0.25) is 5.01 Å². The fraction of sp³-hybridized carbons (Fsp3) is 0.364. The van der Waals surface area contributed by atoms with Gasteiger partial charge in [-0.2, -0.15) is 0 Å². The van der Waals surface area contributed by atoms with Gasteiger partial charge in [0.25, 0.3) is 0 Å². The van der Waals surface area contributed by atoms with Crippen molar-refractivity contribution in [1.29, 1.82) is 0 Å². The Balaban J connectivity index is 2.24. The lowest BCUT2D eigenvalue weighted by atomic mass is 10.1. The molecule has 3 N–H and O–H groups in total. The number of hydrogen-bond donors (Lipinski definition) is 2. The van der Waals surface area contributed by atoms with Gasteiger partial charge in [-0.1, -0.05) is 5.53 Å². The van der Waals surface area contributed by atoms with Crippen LogP contribution in [-0.2, 0) is 4.74 Å². The Kier molecular flexibility index (Phi) is 3.07. The minimum atomic E-state index is -0.270. The van der Waals surface area contributed by atoms with Crippen LogP contribution in [0.3, 0.4) is 0 Å². The molecule has 0 aliphatic carbocycles. The zero-order valence-electron chi connectivity index (χ0n) is 9.49. The van der Waals surface area contributed by atoms with Crippen molar-refractivity contribution in [2.45, 2.75) is 13.8 Å². The molecule has 0 amide bonds. The van der Waals surface area contributed by atoms with Crippen LogP contribution in [0.5, 0.6) is 0 Å². The summed E-state index contributed by atoms with van der Waals surface area (Å²) in [5.41, 5.74) is 7.72. The normalized spacial score (nSPS) is 13.8. The Morgan fingerprint density at radius 3 is 3.00 bits per heavy atom. The molecule has 0 aromatic heterocycles. The van der Waals surface area contributed by atoms with Crippen LogP contribution < -0.4 is 16.0 Å². The number of fused-ring (bicyclic) bond motifs is 1. The zero-order valence-corrected chi connectivity index (χ0v) is 9.49. The summed E-state index contributed by atoms with van der Waals surface area (Å²) >= 11 is 0. The zero-order chi connectivity index (χ0) is 11.5. The molecule has 5 heteroatoms. The molecule has 0 saturated carbocycles. The summed E-state index contributed by atoms with van der Waals surface area (Å²) in [6.45, 7) is 5.15. The molecule has 0 fully saturated rings. The Bertz CT molecular complexity index is 406. The van der Waals surface area contributed by atoms with Crippen molar-refractivity contribution in [3.8, 4) is 0 Å². The van der Waals surface area contributed by atoms with E-state index in [4.69, 9.17) is 4.74 Å². The van der Waals surface area contributed by atoms with E-state index in [0.29, 0.717) is 12.2 Å². The SMILES string of the molecule is CCOC(=O)c1ccc2c(c1)[NH2+]NN2CC. The Labute approximate surface area is 94.3 Å². The Morgan fingerprint density at radius 2 is 2.31 bits per heavy atom. The number of esters is 1. The van der Waals surface area contributed by atoms with Gasteiger partial charge >= 0.3 is 5.97 Å². The highest BCUT2D eigenvalue weighted by Gasteiger charge is 2.23. The third kappa shape index (κ3) is 1.87. The number of hydrogen-bond acceptors (Lipinski definition) is 4. The minimum absolute atomic E-state index is 0.270. The molecule has 0 spiro atoms. The second-order valence-corrected chi connectivity index (χ2v) is 3.51. The van der Waals surface area contributed by atoms with E-state index in [-0.39, 0.29) is 5.97 Å². The smallest absolute Gasteiger partial charge is 0.338 e. The van der Waals surface area contributed by atoms with Crippen molar-refractivity contribution in [3.63, 3.8) is 0 Å². The first-order valence-electron chi connectivity index (χ1n) is 5.44. The minimum Gasteiger partial charge on any atom is -0.462 e. The summed E-state index contributed by atoms with van der Waals surface area (Å²) in [4.78, 5) is 11.5. The summed E-state index contributed by atoms with van der Waals surface area (Å²) in [5, 5.41) is 2.02. The summed E-state index contributed by atoms with van der Waals surface area (Å²) in [5.74, 6) is -0.270. The molecule has 0 saturated heterocycles. The fourth-order valence-corrected chi connectivity index (χ4v) is 1.74. The van der Waals surface area contributed by atoms with E-state index in [0.717, 1.165) is 17.9 Å². The van der Waals surface area contributed by atoms with Gasteiger partial charge in [0, 0.05) is 12.6 Å². The molecule has 0 radical (unpaired) electrons. The third-order valence-electron chi connectivity index (χ3n) is 2.52. The Morgan fingerprint density at radius 1 is 1.50 bits per heavy atom. The summed E-state index contributed by atoms with van der Waals surface area (Å²) in [6.07, 6.45) is 0. The molecular weight excluding hydrogens is 206 g/mol. The molecule has 1 aromatic rings. The first-order valence-corrected chi connectivity index (χ1v) is 5.44. The molecule has 86 valence electrons. The van der Waals surface area contributed by atoms with Crippen molar-refractivity contribution in [1.82, 2.24) is 5.53 Å². The maximum Gasteiger partial charge on any atom is 0.338 e. The van der Waals surface area contributed by atoms with Crippen molar-refractivity contribution in [2.24, 2.45) is 0 Å². The lowest BCUT2D eigenvalue weighted by Crippen LogP contribution is -2.87. The number of carbonyl (C=O) groups is 1. The van der Waals surface area contributed by atoms with Crippen molar-refractivity contribution < 1.29 is 15.0 Å². The second-order valence-electron chi connectivity index (χ2n) is 3.51. The monoisotopic (exact) mass is 222 g/mol. The molecule has 2 rings (SSSR count). The maximum atomic E-state index is 11.5. The average molecular weight is 222 g/mol. The van der Waals surface area contributed by atoms with E-state index < -0.39 is 0 Å². The van der Waals surface area contributed by atoms with Crippen LogP contribution in [-0.4, -0.2) is 19.1 Å². The molecule has 1 heterocycles. The van der Waals surface area contributed by atoms with Gasteiger partial charge in [0.05, 0.1) is 12.2 Å². The predicted molar refractivity (Wildman–Crippen MR) is 60.1 cm³/mol. The van der Waals surface area contributed by atoms with Crippen LogP contribution in [0.15, 0.2) is 18.2 Å². The molecule has 0 unspecified atom stereocenters. The number of anilines is 1. The van der Waals surface area contributed by atoms with Gasteiger partial charge in [-0.05, 0) is 26.0 Å². The van der Waals surface area contributed by atoms with Crippen LogP contribution in [0, 0.1) is 0 Å². The van der Waals surface area contributed by atoms with Crippen molar-refractivity contribution >= 4 is 17.3 Å². The summed E-state index contributed by atoms with van der Waals surface area (Å²) in [6, 6.07) is 5.57. The van der Waals surface area contributed by atoms with Crippen molar-refractivity contribution in [2.75, 3.05) is 18.2 Å². The molecule has 1 aliphatic rings. The molecule has 0 atom stereocenters. The number of ether oxygens (including phenoxy) is 1. The predicted octanol–water partition coefficient (Wildman–Crippen LogP) is 0.318. The van der Waals surface area contributed by atoms with E-state index >= 15 is 0 Å². The molecular formula is C11H16N3O2+. The number of hydrazine groups is 1. The first-order chi connectivity index (χ1) is 7.76. The largest absolute Gasteiger partial charge is 0.462 e. The topological polar surface area (TPSA) is 58.2 Å². The van der Waals surface area contributed by atoms with Gasteiger partial charge in [-0.15, -0.1) is 0 Å². The molecule has 1 aromatic carbocycles. The number of quaternary nitrogens is 1. The lowest BCUT2D eigenvalue weighted by Gasteiger charge is -2.11. The first kappa shape index (κ1) is 10.9. The van der Waals surface area contributed by atoms with Crippen LogP contribution in [0.2, 0.25) is 0 Å².